The SMILES string of the molecule is CCNC(CCc1ccco1)Cc1ccccc1Br. The third-order valence-electron chi connectivity index (χ3n) is 3.24. The first kappa shape index (κ1) is 14.4. The number of likely N-dealkylation sites (N-methyl/N-ethyl adjacent to an activating group) is 1. The molecule has 0 spiro atoms. The molecule has 0 fully saturated rings. The molecule has 0 saturated carbocycles. The number of rotatable bonds is 7. The van der Waals surface area contributed by atoms with Gasteiger partial charge in [0, 0.05) is 16.9 Å². The van der Waals surface area contributed by atoms with Crippen LogP contribution in [0.2, 0.25) is 0 Å². The van der Waals surface area contributed by atoms with Crippen molar-refractivity contribution in [1.29, 1.82) is 0 Å². The lowest BCUT2D eigenvalue weighted by molar-refractivity contribution is 0.447. The van der Waals surface area contributed by atoms with Crippen LogP contribution in [0.3, 0.4) is 0 Å². The number of benzene rings is 1. The van der Waals surface area contributed by atoms with Crippen LogP contribution in [0, 0.1) is 0 Å². The molecule has 0 bridgehead atoms. The Kier molecular flexibility index (Phi) is 5.67. The van der Waals surface area contributed by atoms with E-state index in [2.05, 4.69) is 52.4 Å². The average molecular weight is 322 g/mol. The zero-order valence-corrected chi connectivity index (χ0v) is 12.8. The van der Waals surface area contributed by atoms with Crippen LogP contribution in [0.1, 0.15) is 24.7 Å². The van der Waals surface area contributed by atoms with Gasteiger partial charge in [-0.3, -0.25) is 0 Å². The summed E-state index contributed by atoms with van der Waals surface area (Å²) < 4.78 is 6.59. The quantitative estimate of drug-likeness (QED) is 0.827. The van der Waals surface area contributed by atoms with E-state index in [1.807, 2.05) is 12.1 Å². The van der Waals surface area contributed by atoms with Gasteiger partial charge in [-0.15, -0.1) is 0 Å². The maximum absolute atomic E-state index is 5.40. The first-order valence-corrected chi connectivity index (χ1v) is 7.58. The molecule has 1 unspecified atom stereocenters. The monoisotopic (exact) mass is 321 g/mol. The zero-order chi connectivity index (χ0) is 13.5. The largest absolute Gasteiger partial charge is 0.469 e. The second-order valence-electron chi connectivity index (χ2n) is 4.67. The summed E-state index contributed by atoms with van der Waals surface area (Å²) in [4.78, 5) is 0. The molecule has 0 saturated heterocycles. The van der Waals surface area contributed by atoms with Crippen molar-refractivity contribution in [2.24, 2.45) is 0 Å². The molecule has 3 heteroatoms. The van der Waals surface area contributed by atoms with Gasteiger partial charge in [-0.05, 0) is 43.1 Å². The molecule has 0 radical (unpaired) electrons. The van der Waals surface area contributed by atoms with E-state index in [0.717, 1.165) is 31.6 Å². The Morgan fingerprint density at radius 3 is 2.74 bits per heavy atom. The molecule has 1 atom stereocenters. The smallest absolute Gasteiger partial charge is 0.103 e. The second-order valence-corrected chi connectivity index (χ2v) is 5.52. The lowest BCUT2D eigenvalue weighted by Gasteiger charge is -2.18. The Bertz CT molecular complexity index is 481. The van der Waals surface area contributed by atoms with Crippen molar-refractivity contribution >= 4 is 15.9 Å². The summed E-state index contributed by atoms with van der Waals surface area (Å²) >= 11 is 3.62. The molecule has 1 aromatic heterocycles. The van der Waals surface area contributed by atoms with Gasteiger partial charge in [0.25, 0.3) is 0 Å². The van der Waals surface area contributed by atoms with Gasteiger partial charge in [0.2, 0.25) is 0 Å². The van der Waals surface area contributed by atoms with E-state index in [9.17, 15) is 0 Å². The minimum atomic E-state index is 0.480. The summed E-state index contributed by atoms with van der Waals surface area (Å²) in [6, 6.07) is 12.9. The maximum atomic E-state index is 5.40. The van der Waals surface area contributed by atoms with E-state index in [0.29, 0.717) is 6.04 Å². The van der Waals surface area contributed by atoms with Crippen LogP contribution < -0.4 is 5.32 Å². The molecule has 2 aromatic rings. The standard InChI is InChI=1S/C16H20BrNO/c1-2-18-14(9-10-15-7-5-11-19-15)12-13-6-3-4-8-16(13)17/h3-8,11,14,18H,2,9-10,12H2,1H3. The number of hydrogen-bond acceptors (Lipinski definition) is 2. The second kappa shape index (κ2) is 7.51. The van der Waals surface area contributed by atoms with Gasteiger partial charge in [-0.1, -0.05) is 41.1 Å². The molecule has 0 amide bonds. The summed E-state index contributed by atoms with van der Waals surface area (Å²) in [5.74, 6) is 1.06. The van der Waals surface area contributed by atoms with Crippen LogP contribution in [0.15, 0.2) is 51.6 Å². The predicted molar refractivity (Wildman–Crippen MR) is 82.3 cm³/mol. The van der Waals surface area contributed by atoms with Crippen molar-refractivity contribution in [2.45, 2.75) is 32.2 Å². The van der Waals surface area contributed by atoms with E-state index >= 15 is 0 Å². The van der Waals surface area contributed by atoms with E-state index in [-0.39, 0.29) is 0 Å². The normalized spacial score (nSPS) is 12.5. The summed E-state index contributed by atoms with van der Waals surface area (Å²) in [5, 5.41) is 3.56. The highest BCUT2D eigenvalue weighted by atomic mass is 79.9. The van der Waals surface area contributed by atoms with Gasteiger partial charge >= 0.3 is 0 Å². The first-order chi connectivity index (χ1) is 9.29. The van der Waals surface area contributed by atoms with Crippen LogP contribution >= 0.6 is 15.9 Å². The lowest BCUT2D eigenvalue weighted by atomic mass is 10.0. The van der Waals surface area contributed by atoms with Crippen LogP contribution in [0.4, 0.5) is 0 Å². The van der Waals surface area contributed by atoms with Gasteiger partial charge in [0.1, 0.15) is 5.76 Å². The lowest BCUT2D eigenvalue weighted by Crippen LogP contribution is -2.31. The van der Waals surface area contributed by atoms with Crippen molar-refractivity contribution in [3.8, 4) is 0 Å². The molecule has 1 heterocycles. The fourth-order valence-corrected chi connectivity index (χ4v) is 2.71. The molecule has 2 nitrogen and oxygen atoms in total. The minimum Gasteiger partial charge on any atom is -0.469 e. The highest BCUT2D eigenvalue weighted by Crippen LogP contribution is 2.19. The van der Waals surface area contributed by atoms with Crippen molar-refractivity contribution in [3.05, 3.63) is 58.5 Å². The number of furan rings is 1. The van der Waals surface area contributed by atoms with Gasteiger partial charge in [-0.25, -0.2) is 0 Å². The molecule has 0 aliphatic carbocycles. The third-order valence-corrected chi connectivity index (χ3v) is 4.01. The summed E-state index contributed by atoms with van der Waals surface area (Å²) in [6.45, 7) is 3.15. The van der Waals surface area contributed by atoms with Crippen molar-refractivity contribution < 1.29 is 4.42 Å². The van der Waals surface area contributed by atoms with Gasteiger partial charge < -0.3 is 9.73 Å². The molecule has 1 N–H and O–H groups in total. The summed E-state index contributed by atoms with van der Waals surface area (Å²) in [5.41, 5.74) is 1.35. The van der Waals surface area contributed by atoms with E-state index in [4.69, 9.17) is 4.42 Å². The van der Waals surface area contributed by atoms with E-state index < -0.39 is 0 Å². The molecule has 1 aromatic carbocycles. The third kappa shape index (κ3) is 4.51. The minimum absolute atomic E-state index is 0.480. The van der Waals surface area contributed by atoms with Gasteiger partial charge in [0.15, 0.2) is 0 Å². The number of halogens is 1. The fourth-order valence-electron chi connectivity index (χ4n) is 2.27. The molecular formula is C16H20BrNO. The molecule has 19 heavy (non-hydrogen) atoms. The van der Waals surface area contributed by atoms with Crippen LogP contribution in [0.25, 0.3) is 0 Å². The van der Waals surface area contributed by atoms with Gasteiger partial charge in [-0.2, -0.15) is 0 Å². The Morgan fingerprint density at radius 1 is 1.21 bits per heavy atom. The van der Waals surface area contributed by atoms with E-state index in [1.165, 1.54) is 10.0 Å². The highest BCUT2D eigenvalue weighted by molar-refractivity contribution is 9.10. The Balaban J connectivity index is 1.94. The Labute approximate surface area is 123 Å². The molecule has 0 aliphatic rings. The topological polar surface area (TPSA) is 25.2 Å². The summed E-state index contributed by atoms with van der Waals surface area (Å²) in [7, 11) is 0. The van der Waals surface area contributed by atoms with Crippen molar-refractivity contribution in [3.63, 3.8) is 0 Å². The first-order valence-electron chi connectivity index (χ1n) is 6.78. The number of aryl methyl sites for hydroxylation is 1. The zero-order valence-electron chi connectivity index (χ0n) is 11.2. The van der Waals surface area contributed by atoms with E-state index in [1.54, 1.807) is 6.26 Å². The highest BCUT2D eigenvalue weighted by Gasteiger charge is 2.11. The van der Waals surface area contributed by atoms with Crippen LogP contribution in [-0.4, -0.2) is 12.6 Å². The molecule has 0 aliphatic heterocycles. The summed E-state index contributed by atoms with van der Waals surface area (Å²) in [6.07, 6.45) is 4.85. The Morgan fingerprint density at radius 2 is 2.05 bits per heavy atom. The Hall–Kier alpha value is -1.06. The predicted octanol–water partition coefficient (Wildman–Crippen LogP) is 4.20. The van der Waals surface area contributed by atoms with Crippen molar-refractivity contribution in [1.82, 2.24) is 5.32 Å². The number of nitrogens with one attached hydrogen (secondary N) is 1. The van der Waals surface area contributed by atoms with Crippen LogP contribution in [0.5, 0.6) is 0 Å². The fraction of sp³-hybridized carbons (Fsp3) is 0.375. The number of hydrogen-bond donors (Lipinski definition) is 1. The average Bonchev–Trinajstić information content (AvgIpc) is 2.92. The van der Waals surface area contributed by atoms with Gasteiger partial charge in [0.05, 0.1) is 6.26 Å². The van der Waals surface area contributed by atoms with Crippen molar-refractivity contribution in [2.75, 3.05) is 6.54 Å². The molecular weight excluding hydrogens is 302 g/mol. The van der Waals surface area contributed by atoms with Crippen LogP contribution in [-0.2, 0) is 12.8 Å². The maximum Gasteiger partial charge on any atom is 0.103 e. The molecule has 102 valence electrons. The molecule has 2 rings (SSSR count).